The summed E-state index contributed by atoms with van der Waals surface area (Å²) in [6, 6.07) is 6.66. The molecule has 1 saturated heterocycles. The van der Waals surface area contributed by atoms with Crippen molar-refractivity contribution in [3.8, 4) is 0 Å². The SMILES string of the molecule is O=C(OC=C1CCN(C2CCC2)CC1)c1ccccc1F. The number of carbonyl (C=O) groups is 1. The zero-order valence-corrected chi connectivity index (χ0v) is 12.1. The van der Waals surface area contributed by atoms with Crippen molar-refractivity contribution >= 4 is 5.97 Å². The summed E-state index contributed by atoms with van der Waals surface area (Å²) in [5.74, 6) is -1.16. The van der Waals surface area contributed by atoms with E-state index in [0.29, 0.717) is 0 Å². The van der Waals surface area contributed by atoms with Gasteiger partial charge in [0.2, 0.25) is 0 Å². The van der Waals surface area contributed by atoms with Gasteiger partial charge < -0.3 is 4.74 Å². The zero-order chi connectivity index (χ0) is 14.7. The number of hydrogen-bond acceptors (Lipinski definition) is 3. The molecule has 1 aliphatic heterocycles. The van der Waals surface area contributed by atoms with Crippen molar-refractivity contribution in [2.45, 2.75) is 38.1 Å². The third kappa shape index (κ3) is 3.32. The van der Waals surface area contributed by atoms with Crippen LogP contribution in [0.25, 0.3) is 0 Å². The fourth-order valence-corrected chi connectivity index (χ4v) is 2.87. The van der Waals surface area contributed by atoms with E-state index in [1.807, 2.05) is 0 Å². The van der Waals surface area contributed by atoms with E-state index in [4.69, 9.17) is 4.74 Å². The average molecular weight is 289 g/mol. The number of halogens is 1. The van der Waals surface area contributed by atoms with E-state index in [9.17, 15) is 9.18 Å². The molecule has 1 heterocycles. The Labute approximate surface area is 124 Å². The van der Waals surface area contributed by atoms with Gasteiger partial charge in [-0.25, -0.2) is 9.18 Å². The molecule has 0 N–H and O–H groups in total. The monoisotopic (exact) mass is 289 g/mol. The first kappa shape index (κ1) is 14.3. The molecule has 1 aromatic carbocycles. The van der Waals surface area contributed by atoms with Gasteiger partial charge in [-0.15, -0.1) is 0 Å². The summed E-state index contributed by atoms with van der Waals surface area (Å²) in [7, 11) is 0. The third-order valence-electron chi connectivity index (χ3n) is 4.46. The number of nitrogens with zero attached hydrogens (tertiary/aromatic N) is 1. The van der Waals surface area contributed by atoms with Crippen LogP contribution in [0.15, 0.2) is 36.1 Å². The Balaban J connectivity index is 1.52. The number of benzene rings is 1. The van der Waals surface area contributed by atoms with Gasteiger partial charge >= 0.3 is 5.97 Å². The van der Waals surface area contributed by atoms with Crippen LogP contribution in [0.2, 0.25) is 0 Å². The molecule has 3 nitrogen and oxygen atoms in total. The van der Waals surface area contributed by atoms with Crippen molar-refractivity contribution in [2.75, 3.05) is 13.1 Å². The van der Waals surface area contributed by atoms with Crippen molar-refractivity contribution in [3.05, 3.63) is 47.5 Å². The number of carbonyl (C=O) groups excluding carboxylic acids is 1. The summed E-state index contributed by atoms with van der Waals surface area (Å²) >= 11 is 0. The maximum atomic E-state index is 13.5. The van der Waals surface area contributed by atoms with E-state index in [1.165, 1.54) is 37.7 Å². The highest BCUT2D eigenvalue weighted by molar-refractivity contribution is 5.90. The molecule has 2 aliphatic rings. The van der Waals surface area contributed by atoms with Crippen LogP contribution in [-0.4, -0.2) is 30.0 Å². The fourth-order valence-electron chi connectivity index (χ4n) is 2.87. The van der Waals surface area contributed by atoms with E-state index in [0.717, 1.165) is 37.5 Å². The van der Waals surface area contributed by atoms with Crippen LogP contribution in [0.4, 0.5) is 4.39 Å². The Bertz CT molecular complexity index is 541. The second-order valence-corrected chi connectivity index (χ2v) is 5.78. The lowest BCUT2D eigenvalue weighted by atomic mass is 9.89. The quantitative estimate of drug-likeness (QED) is 0.630. The Morgan fingerprint density at radius 2 is 1.95 bits per heavy atom. The highest BCUT2D eigenvalue weighted by Crippen LogP contribution is 2.28. The summed E-state index contributed by atoms with van der Waals surface area (Å²) in [4.78, 5) is 14.3. The molecular weight excluding hydrogens is 269 g/mol. The molecule has 2 fully saturated rings. The van der Waals surface area contributed by atoms with Crippen molar-refractivity contribution in [1.29, 1.82) is 0 Å². The van der Waals surface area contributed by atoms with Gasteiger partial charge in [0, 0.05) is 19.1 Å². The molecule has 21 heavy (non-hydrogen) atoms. The summed E-state index contributed by atoms with van der Waals surface area (Å²) in [6.07, 6.45) is 7.38. The topological polar surface area (TPSA) is 29.5 Å². The second-order valence-electron chi connectivity index (χ2n) is 5.78. The predicted molar refractivity (Wildman–Crippen MR) is 78.3 cm³/mol. The predicted octanol–water partition coefficient (Wildman–Crippen LogP) is 3.51. The van der Waals surface area contributed by atoms with Gasteiger partial charge in [0.15, 0.2) is 0 Å². The summed E-state index contributed by atoms with van der Waals surface area (Å²) in [5.41, 5.74) is 1.12. The maximum absolute atomic E-state index is 13.5. The first-order valence-electron chi connectivity index (χ1n) is 7.61. The zero-order valence-electron chi connectivity index (χ0n) is 12.1. The smallest absolute Gasteiger partial charge is 0.345 e. The van der Waals surface area contributed by atoms with Crippen molar-refractivity contribution in [1.82, 2.24) is 4.90 Å². The van der Waals surface area contributed by atoms with Crippen LogP contribution in [0.1, 0.15) is 42.5 Å². The van der Waals surface area contributed by atoms with Crippen LogP contribution in [0.5, 0.6) is 0 Å². The van der Waals surface area contributed by atoms with Crippen LogP contribution >= 0.6 is 0 Å². The first-order valence-corrected chi connectivity index (χ1v) is 7.61. The number of rotatable bonds is 3. The van der Waals surface area contributed by atoms with Crippen molar-refractivity contribution in [2.24, 2.45) is 0 Å². The van der Waals surface area contributed by atoms with Gasteiger partial charge in [-0.05, 0) is 43.4 Å². The standard InChI is InChI=1S/C17H20FNO2/c18-16-7-2-1-6-15(16)17(20)21-12-13-8-10-19(11-9-13)14-4-3-5-14/h1-2,6-7,12,14H,3-5,8-11H2. The van der Waals surface area contributed by atoms with Gasteiger partial charge in [-0.2, -0.15) is 0 Å². The summed E-state index contributed by atoms with van der Waals surface area (Å²) in [6.45, 7) is 2.07. The van der Waals surface area contributed by atoms with Gasteiger partial charge in [-0.1, -0.05) is 18.6 Å². The second kappa shape index (κ2) is 6.39. The molecule has 0 aromatic heterocycles. The number of ether oxygens (including phenoxy) is 1. The van der Waals surface area contributed by atoms with E-state index in [-0.39, 0.29) is 5.56 Å². The molecule has 0 radical (unpaired) electrons. The van der Waals surface area contributed by atoms with Gasteiger partial charge in [-0.3, -0.25) is 4.90 Å². The molecule has 1 saturated carbocycles. The van der Waals surface area contributed by atoms with Crippen LogP contribution in [0, 0.1) is 5.82 Å². The van der Waals surface area contributed by atoms with Crippen LogP contribution < -0.4 is 0 Å². The lowest BCUT2D eigenvalue weighted by Crippen LogP contribution is -2.43. The fraction of sp³-hybridized carbons (Fsp3) is 0.471. The first-order chi connectivity index (χ1) is 10.2. The van der Waals surface area contributed by atoms with Crippen molar-refractivity contribution < 1.29 is 13.9 Å². The summed E-state index contributed by atoms with van der Waals surface area (Å²) in [5, 5.41) is 0. The molecule has 0 amide bonds. The Morgan fingerprint density at radius 3 is 2.57 bits per heavy atom. The van der Waals surface area contributed by atoms with Crippen LogP contribution in [0.3, 0.4) is 0 Å². The molecule has 1 aliphatic carbocycles. The molecule has 0 atom stereocenters. The number of likely N-dealkylation sites (tertiary alicyclic amines) is 1. The lowest BCUT2D eigenvalue weighted by Gasteiger charge is -2.40. The highest BCUT2D eigenvalue weighted by atomic mass is 19.1. The largest absolute Gasteiger partial charge is 0.431 e. The minimum Gasteiger partial charge on any atom is -0.431 e. The van der Waals surface area contributed by atoms with Gasteiger partial charge in [0.1, 0.15) is 5.82 Å². The normalized spacial score (nSPS) is 20.0. The van der Waals surface area contributed by atoms with E-state index in [1.54, 1.807) is 12.1 Å². The molecule has 0 bridgehead atoms. The van der Waals surface area contributed by atoms with Gasteiger partial charge in [0.25, 0.3) is 0 Å². The Kier molecular flexibility index (Phi) is 4.34. The molecule has 4 heteroatoms. The molecule has 1 aromatic rings. The molecule has 0 unspecified atom stereocenters. The van der Waals surface area contributed by atoms with Crippen molar-refractivity contribution in [3.63, 3.8) is 0 Å². The molecular formula is C17H20FNO2. The third-order valence-corrected chi connectivity index (χ3v) is 4.46. The van der Waals surface area contributed by atoms with E-state index >= 15 is 0 Å². The molecule has 112 valence electrons. The molecule has 3 rings (SSSR count). The maximum Gasteiger partial charge on any atom is 0.345 e. The average Bonchev–Trinajstić information content (AvgIpc) is 2.45. The molecule has 0 spiro atoms. The number of esters is 1. The van der Waals surface area contributed by atoms with E-state index in [2.05, 4.69) is 4.90 Å². The van der Waals surface area contributed by atoms with Crippen LogP contribution in [-0.2, 0) is 4.74 Å². The summed E-state index contributed by atoms with van der Waals surface area (Å²) < 4.78 is 18.6. The lowest BCUT2D eigenvalue weighted by molar-refractivity contribution is 0.0648. The minimum atomic E-state index is -0.623. The minimum absolute atomic E-state index is 0.0127. The van der Waals surface area contributed by atoms with E-state index < -0.39 is 11.8 Å². The Hall–Kier alpha value is -1.68. The van der Waals surface area contributed by atoms with Gasteiger partial charge in [0.05, 0.1) is 11.8 Å². The Morgan fingerprint density at radius 1 is 1.24 bits per heavy atom. The number of hydrogen-bond donors (Lipinski definition) is 0. The highest BCUT2D eigenvalue weighted by Gasteiger charge is 2.27. The number of piperidine rings is 1.